The van der Waals surface area contributed by atoms with Gasteiger partial charge in [-0.3, -0.25) is 4.79 Å². The first kappa shape index (κ1) is 20.4. The Labute approximate surface area is 168 Å². The Morgan fingerprint density at radius 1 is 1.14 bits per heavy atom. The van der Waals surface area contributed by atoms with Gasteiger partial charge in [-0.1, -0.05) is 18.2 Å². The number of nitrogens with one attached hydrogen (secondary N) is 1. The van der Waals surface area contributed by atoms with Crippen molar-refractivity contribution in [3.05, 3.63) is 60.4 Å². The quantitative estimate of drug-likeness (QED) is 0.571. The molecule has 11 heteroatoms. The van der Waals surface area contributed by atoms with Crippen molar-refractivity contribution < 1.29 is 17.9 Å². The maximum atomic E-state index is 12.4. The van der Waals surface area contributed by atoms with E-state index in [-0.39, 0.29) is 24.0 Å². The number of amides is 1. The zero-order chi connectivity index (χ0) is 20.9. The number of rotatable bonds is 8. The van der Waals surface area contributed by atoms with Crippen molar-refractivity contribution >= 4 is 15.9 Å². The van der Waals surface area contributed by atoms with Gasteiger partial charge >= 0.3 is 0 Å². The number of hydrogen-bond acceptors (Lipinski definition) is 7. The van der Waals surface area contributed by atoms with E-state index in [4.69, 9.17) is 4.74 Å². The number of tetrazole rings is 1. The highest BCUT2D eigenvalue weighted by atomic mass is 32.2. The Morgan fingerprint density at radius 2 is 1.86 bits per heavy atom. The topological polar surface area (TPSA) is 119 Å². The van der Waals surface area contributed by atoms with Crippen molar-refractivity contribution in [3.8, 4) is 11.4 Å². The van der Waals surface area contributed by atoms with Crippen LogP contribution in [0.4, 0.5) is 0 Å². The molecule has 1 amide bonds. The predicted molar refractivity (Wildman–Crippen MR) is 104 cm³/mol. The first-order valence-corrected chi connectivity index (χ1v) is 10.1. The van der Waals surface area contributed by atoms with E-state index in [1.54, 1.807) is 42.5 Å². The highest BCUT2D eigenvalue weighted by Crippen LogP contribution is 2.18. The lowest BCUT2D eigenvalue weighted by Crippen LogP contribution is -2.30. The van der Waals surface area contributed by atoms with Crippen molar-refractivity contribution in [2.75, 3.05) is 20.7 Å². The lowest BCUT2D eigenvalue weighted by molar-refractivity contribution is -0.123. The molecule has 1 N–H and O–H groups in total. The number of sulfonamides is 1. The molecular formula is C18H20N6O4S. The summed E-state index contributed by atoms with van der Waals surface area (Å²) in [6, 6.07) is 13.4. The number of benzene rings is 2. The largest absolute Gasteiger partial charge is 0.484 e. The van der Waals surface area contributed by atoms with Crippen molar-refractivity contribution in [2.45, 2.75) is 11.4 Å². The molecule has 0 fully saturated rings. The second-order valence-corrected chi connectivity index (χ2v) is 8.33. The molecule has 0 atom stereocenters. The molecule has 3 aromatic rings. The molecule has 10 nitrogen and oxygen atoms in total. The summed E-state index contributed by atoms with van der Waals surface area (Å²) in [5.41, 5.74) is 1.26. The molecule has 2 aromatic carbocycles. The van der Waals surface area contributed by atoms with Gasteiger partial charge in [-0.2, -0.15) is 0 Å². The minimum absolute atomic E-state index is 0.0731. The molecule has 0 aliphatic rings. The molecule has 152 valence electrons. The van der Waals surface area contributed by atoms with Gasteiger partial charge in [-0.05, 0) is 46.3 Å². The van der Waals surface area contributed by atoms with Gasteiger partial charge in [-0.25, -0.2) is 17.4 Å². The Bertz CT molecular complexity index is 1070. The van der Waals surface area contributed by atoms with Crippen LogP contribution in [0.2, 0.25) is 0 Å². The van der Waals surface area contributed by atoms with Gasteiger partial charge in [0, 0.05) is 20.6 Å². The van der Waals surface area contributed by atoms with Crippen LogP contribution < -0.4 is 10.1 Å². The number of nitrogens with zero attached hydrogens (tertiary/aromatic N) is 5. The normalized spacial score (nSPS) is 11.4. The van der Waals surface area contributed by atoms with E-state index in [2.05, 4.69) is 20.8 Å². The summed E-state index contributed by atoms with van der Waals surface area (Å²) in [7, 11) is -0.676. The maximum absolute atomic E-state index is 12.4. The Morgan fingerprint density at radius 3 is 2.52 bits per heavy atom. The number of carbonyl (C=O) groups is 1. The summed E-state index contributed by atoms with van der Waals surface area (Å²) in [6.07, 6.45) is 1.47. The number of hydrogen-bond donors (Lipinski definition) is 1. The van der Waals surface area contributed by atoms with Crippen LogP contribution in [0.25, 0.3) is 5.69 Å². The van der Waals surface area contributed by atoms with Crippen molar-refractivity contribution in [1.82, 2.24) is 29.8 Å². The third-order valence-corrected chi connectivity index (χ3v) is 5.94. The van der Waals surface area contributed by atoms with Gasteiger partial charge in [0.25, 0.3) is 5.91 Å². The average molecular weight is 416 g/mol. The Balaban J connectivity index is 1.56. The van der Waals surface area contributed by atoms with Crippen molar-refractivity contribution in [1.29, 1.82) is 0 Å². The summed E-state index contributed by atoms with van der Waals surface area (Å²) in [5.74, 6) is 0.138. The standard InChI is InChI=1S/C18H20N6O4S/c1-23(2)29(26,27)17-6-4-3-5-14(17)11-19-18(25)12-28-16-9-7-15(8-10-16)24-13-20-21-22-24/h3-10,13H,11-12H2,1-2H3,(H,19,25). The first-order valence-electron chi connectivity index (χ1n) is 8.61. The van der Waals surface area contributed by atoms with Gasteiger partial charge in [0.15, 0.2) is 6.61 Å². The van der Waals surface area contributed by atoms with Crippen LogP contribution in [-0.4, -0.2) is 59.5 Å². The lowest BCUT2D eigenvalue weighted by atomic mass is 10.2. The monoisotopic (exact) mass is 416 g/mol. The van der Waals surface area contributed by atoms with E-state index in [1.807, 2.05) is 0 Å². The Hall–Kier alpha value is -3.31. The van der Waals surface area contributed by atoms with E-state index < -0.39 is 10.0 Å². The van der Waals surface area contributed by atoms with Crippen molar-refractivity contribution in [2.24, 2.45) is 0 Å². The van der Waals surface area contributed by atoms with Crippen LogP contribution in [0.3, 0.4) is 0 Å². The highest BCUT2D eigenvalue weighted by molar-refractivity contribution is 7.89. The third kappa shape index (κ3) is 4.95. The molecule has 0 spiro atoms. The Kier molecular flexibility index (Phi) is 6.20. The van der Waals surface area contributed by atoms with Crippen LogP contribution in [0.5, 0.6) is 5.75 Å². The minimum Gasteiger partial charge on any atom is -0.484 e. The van der Waals surface area contributed by atoms with Crippen LogP contribution in [0.1, 0.15) is 5.56 Å². The smallest absolute Gasteiger partial charge is 0.258 e. The van der Waals surface area contributed by atoms with Gasteiger partial charge in [0.2, 0.25) is 10.0 Å². The summed E-state index contributed by atoms with van der Waals surface area (Å²) < 4.78 is 32.9. The highest BCUT2D eigenvalue weighted by Gasteiger charge is 2.20. The van der Waals surface area contributed by atoms with Crippen LogP contribution in [0, 0.1) is 0 Å². The van der Waals surface area contributed by atoms with E-state index in [0.717, 1.165) is 9.99 Å². The van der Waals surface area contributed by atoms with E-state index >= 15 is 0 Å². The fourth-order valence-corrected chi connectivity index (χ4v) is 3.58. The summed E-state index contributed by atoms with van der Waals surface area (Å²) >= 11 is 0. The second kappa shape index (κ2) is 8.80. The van der Waals surface area contributed by atoms with Gasteiger partial charge in [0.05, 0.1) is 10.6 Å². The van der Waals surface area contributed by atoms with Crippen LogP contribution in [-0.2, 0) is 21.4 Å². The summed E-state index contributed by atoms with van der Waals surface area (Å²) in [5, 5.41) is 13.6. The fraction of sp³-hybridized carbons (Fsp3) is 0.222. The van der Waals surface area contributed by atoms with E-state index in [9.17, 15) is 13.2 Å². The van der Waals surface area contributed by atoms with E-state index in [1.165, 1.54) is 31.2 Å². The number of carbonyl (C=O) groups excluding carboxylic acids is 1. The minimum atomic E-state index is -3.60. The molecule has 1 heterocycles. The molecule has 0 aliphatic carbocycles. The molecule has 0 aliphatic heterocycles. The molecule has 1 aromatic heterocycles. The number of ether oxygens (including phenoxy) is 1. The molecule has 29 heavy (non-hydrogen) atoms. The average Bonchev–Trinajstić information content (AvgIpc) is 3.26. The second-order valence-electron chi connectivity index (χ2n) is 6.21. The van der Waals surface area contributed by atoms with Gasteiger partial charge < -0.3 is 10.1 Å². The molecule has 0 bridgehead atoms. The lowest BCUT2D eigenvalue weighted by Gasteiger charge is -2.15. The number of aromatic nitrogens is 4. The molecule has 0 unspecified atom stereocenters. The first-order chi connectivity index (χ1) is 13.9. The molecule has 0 saturated carbocycles. The van der Waals surface area contributed by atoms with Crippen molar-refractivity contribution in [3.63, 3.8) is 0 Å². The van der Waals surface area contributed by atoms with Gasteiger partial charge in [-0.15, -0.1) is 5.10 Å². The third-order valence-electron chi connectivity index (χ3n) is 4.03. The van der Waals surface area contributed by atoms with Gasteiger partial charge in [0.1, 0.15) is 12.1 Å². The summed E-state index contributed by atoms with van der Waals surface area (Å²) in [4.78, 5) is 12.3. The van der Waals surface area contributed by atoms with Crippen LogP contribution >= 0.6 is 0 Å². The van der Waals surface area contributed by atoms with E-state index in [0.29, 0.717) is 11.3 Å². The zero-order valence-corrected chi connectivity index (χ0v) is 16.7. The molecule has 0 saturated heterocycles. The fourth-order valence-electron chi connectivity index (χ4n) is 2.47. The molecular weight excluding hydrogens is 396 g/mol. The SMILES string of the molecule is CN(C)S(=O)(=O)c1ccccc1CNC(=O)COc1ccc(-n2cnnn2)cc1. The zero-order valence-electron chi connectivity index (χ0n) is 15.9. The predicted octanol–water partition coefficient (Wildman–Crippen LogP) is 0.608. The maximum Gasteiger partial charge on any atom is 0.258 e. The van der Waals surface area contributed by atoms with Crippen LogP contribution in [0.15, 0.2) is 59.8 Å². The summed E-state index contributed by atoms with van der Waals surface area (Å²) in [6.45, 7) is -0.128. The molecule has 3 rings (SSSR count). The molecule has 0 radical (unpaired) electrons.